The largest absolute Gasteiger partial charge is 0.748 e. The average Bonchev–Trinajstić information content (AvgIpc) is 1.52. The van der Waals surface area contributed by atoms with Crippen LogP contribution in [0.3, 0.4) is 0 Å². The van der Waals surface area contributed by atoms with Crippen LogP contribution in [0.15, 0.2) is 127 Å². The van der Waals surface area contributed by atoms with Crippen molar-refractivity contribution < 1.29 is 88.3 Å². The third kappa shape index (κ3) is 20.4. The first-order valence-electron chi connectivity index (χ1n) is 37.3. The van der Waals surface area contributed by atoms with Gasteiger partial charge in [0.2, 0.25) is 0 Å². The number of quaternary nitrogens is 2. The fraction of sp³-hybridized carbons (Fsp3) is 0.514. The molecule has 2 N–H and O–H groups in total. The molecule has 5 aliphatic rings. The van der Waals surface area contributed by atoms with Crippen molar-refractivity contribution in [3.05, 3.63) is 130 Å². The van der Waals surface area contributed by atoms with Crippen LogP contribution in [0.4, 0.5) is 11.6 Å². The highest BCUT2D eigenvalue weighted by Crippen LogP contribution is 2.46. The van der Waals surface area contributed by atoms with E-state index in [-0.39, 0.29) is 44.9 Å². The highest BCUT2D eigenvalue weighted by Gasteiger charge is 2.58. The Balaban J connectivity index is 1.07. The third-order valence-corrected chi connectivity index (χ3v) is 35.6. The molecule has 0 aliphatic carbocycles. The topological polar surface area (TPSA) is 389 Å². The molecule has 0 radical (unpaired) electrons. The van der Waals surface area contributed by atoms with Gasteiger partial charge in [0.1, 0.15) is 22.6 Å². The minimum Gasteiger partial charge on any atom is -0.748 e. The zero-order chi connectivity index (χ0) is 77.5. The van der Waals surface area contributed by atoms with Crippen molar-refractivity contribution >= 4 is 140 Å². The second-order valence-corrected chi connectivity index (χ2v) is 48.1. The lowest BCUT2D eigenvalue weighted by molar-refractivity contribution is -0.928. The van der Waals surface area contributed by atoms with Crippen molar-refractivity contribution in [2.75, 3.05) is 75.4 Å². The summed E-state index contributed by atoms with van der Waals surface area (Å²) in [5, 5.41) is 3.31. The number of nitrogens with zero attached hydrogens (tertiary/aromatic N) is 11. The summed E-state index contributed by atoms with van der Waals surface area (Å²) in [7, 11) is -29.4. The normalized spacial score (nSPS) is 19.2. The lowest BCUT2D eigenvalue weighted by Crippen LogP contribution is -2.70. The molecule has 1 saturated heterocycles. The number of hydrogen-bond acceptors (Lipinski definition) is 22. The van der Waals surface area contributed by atoms with Gasteiger partial charge in [0.25, 0.3) is 32.1 Å². The van der Waals surface area contributed by atoms with Crippen LogP contribution >= 0.6 is 0 Å². The molecule has 7 heterocycles. The number of hydrogen-bond donors (Lipinski definition) is 2. The molecule has 0 saturated carbocycles. The summed E-state index contributed by atoms with van der Waals surface area (Å²) in [4.78, 5) is 76.1. The molecule has 5 aliphatic heterocycles. The number of rotatable bonds is 42. The molecule has 3 atom stereocenters. The molecule has 0 spiro atoms. The van der Waals surface area contributed by atoms with E-state index in [0.717, 1.165) is 35.1 Å². The molecule has 6 aromatic rings. The number of benzene rings is 4. The summed E-state index contributed by atoms with van der Waals surface area (Å²) in [6, 6.07) is 32.3. The van der Waals surface area contributed by atoms with E-state index in [1.807, 2.05) is 97.1 Å². The van der Waals surface area contributed by atoms with E-state index in [0.29, 0.717) is 204 Å². The first-order valence-corrected chi connectivity index (χ1v) is 51.6. The van der Waals surface area contributed by atoms with Crippen molar-refractivity contribution in [2.24, 2.45) is 30.0 Å². The molecule has 2 aromatic heterocycles. The van der Waals surface area contributed by atoms with E-state index in [1.165, 1.54) is 0 Å². The van der Waals surface area contributed by atoms with E-state index in [1.54, 1.807) is 0 Å². The van der Waals surface area contributed by atoms with Gasteiger partial charge in [-0.25, -0.2) is 51.6 Å². The number of amidine groups is 4. The lowest BCUT2D eigenvalue weighted by atomic mass is 10.1. The zero-order valence-electron chi connectivity index (χ0n) is 61.8. The maximum Gasteiger partial charge on any atom is 0.582 e. The zero-order valence-corrected chi connectivity index (χ0v) is 68.1. The summed E-state index contributed by atoms with van der Waals surface area (Å²) in [5.41, 5.74) is 3.80. The Hall–Kier alpha value is -7.02. The van der Waals surface area contributed by atoms with Gasteiger partial charge in [-0.1, -0.05) is 110 Å². The van der Waals surface area contributed by atoms with Gasteiger partial charge in [0.05, 0.1) is 84.1 Å². The summed E-state index contributed by atoms with van der Waals surface area (Å²) in [6.07, 6.45) is 5.82. The molecule has 3 unspecified atom stereocenters. The Bertz CT molecular complexity index is 4900. The Kier molecular flexibility index (Phi) is 25.7. The van der Waals surface area contributed by atoms with Gasteiger partial charge in [0, 0.05) is 74.6 Å². The van der Waals surface area contributed by atoms with Crippen LogP contribution in [-0.2, 0) is 67.9 Å². The maximum absolute atomic E-state index is 13.0. The van der Waals surface area contributed by atoms with Crippen LogP contribution in [0, 0.1) is 0 Å². The smallest absolute Gasteiger partial charge is 0.582 e. The van der Waals surface area contributed by atoms with Crippen LogP contribution in [0.2, 0.25) is 38.3 Å². The molecule has 36 heteroatoms. The maximum atomic E-state index is 13.0. The van der Waals surface area contributed by atoms with Gasteiger partial charge in [-0.05, 0) is 128 Å². The van der Waals surface area contributed by atoms with E-state index in [4.69, 9.17) is 43.0 Å². The first kappa shape index (κ1) is 82.0. The van der Waals surface area contributed by atoms with Gasteiger partial charge in [-0.15, -0.1) is 5.06 Å². The van der Waals surface area contributed by atoms with Crippen molar-refractivity contribution in [1.82, 2.24) is 13.5 Å². The van der Waals surface area contributed by atoms with Gasteiger partial charge >= 0.3 is 14.9 Å². The van der Waals surface area contributed by atoms with E-state index in [9.17, 15) is 66.3 Å². The summed E-state index contributed by atoms with van der Waals surface area (Å²) >= 11 is 0. The Morgan fingerprint density at radius 2 is 0.796 bits per heavy atom. The fourth-order valence-corrected chi connectivity index (χ4v) is 30.4. The predicted octanol–water partition coefficient (Wildman–Crippen LogP) is 9.18. The highest BCUT2D eigenvalue weighted by atomic mass is 32.2. The number of aliphatic imine (C=N–C) groups is 4. The Morgan fingerprint density at radius 1 is 0.454 bits per heavy atom. The summed E-state index contributed by atoms with van der Waals surface area (Å²) in [5.74, 6) is -1.56. The molecule has 29 nitrogen and oxygen atoms in total. The number of carbonyl (C=O) groups is 3. The van der Waals surface area contributed by atoms with Crippen molar-refractivity contribution in [3.63, 3.8) is 0 Å². The van der Waals surface area contributed by atoms with Gasteiger partial charge in [-0.3, -0.25) is 27.2 Å². The van der Waals surface area contributed by atoms with Crippen LogP contribution in [0.1, 0.15) is 145 Å². The molecular formula is C72H97N11O18S4Si3. The van der Waals surface area contributed by atoms with E-state index in [2.05, 4.69) is 41.6 Å². The SMILES string of the molecule is CCCC[N+](CCCCS(=O)(=O)[O-])(CCCCS(=O)(=O)O)CCC[Si](C)(C)O[Si]1(O[Si](C)(C)CCC[N+](CCCCCC(=O)ON2C(=O)CCC2=O)(CCCCS(=O)(=O)[O-])CCCCS(=O)(=O)O)n2c3c4ccccc4c2/N=C2N=C(/N=c4/c5ccccc5/c(n41)=N/C1=NC(=N\3)/c3ccccc31)c1ccccc1\2. The first-order chi connectivity index (χ1) is 51.1. The summed E-state index contributed by atoms with van der Waals surface area (Å²) < 4.78 is 163. The van der Waals surface area contributed by atoms with Gasteiger partial charge < -0.3 is 31.1 Å². The van der Waals surface area contributed by atoms with Crippen LogP contribution in [0.25, 0.3) is 21.5 Å². The summed E-state index contributed by atoms with van der Waals surface area (Å²) in [6.45, 7) is 14.6. The van der Waals surface area contributed by atoms with Crippen LogP contribution in [-0.4, -0.2) is 216 Å². The second-order valence-electron chi connectivity index (χ2n) is 30.2. The van der Waals surface area contributed by atoms with Crippen molar-refractivity contribution in [3.8, 4) is 0 Å². The van der Waals surface area contributed by atoms with Crippen LogP contribution in [0.5, 0.6) is 0 Å². The minimum absolute atomic E-state index is 0.0567. The number of amides is 2. The molecule has 584 valence electrons. The van der Waals surface area contributed by atoms with E-state index >= 15 is 0 Å². The van der Waals surface area contributed by atoms with E-state index < -0.39 is 107 Å². The minimum atomic E-state index is -4.91. The monoisotopic (exact) mass is 1620 g/mol. The molecule has 6 bridgehead atoms. The Morgan fingerprint density at radius 3 is 1.18 bits per heavy atom. The highest BCUT2D eigenvalue weighted by molar-refractivity contribution is 7.86. The molecule has 1 fully saturated rings. The number of unbranched alkanes of at least 4 members (excludes halogenated alkanes) is 7. The third-order valence-electron chi connectivity index (χ3n) is 20.8. The molecule has 108 heavy (non-hydrogen) atoms. The number of carbonyl (C=O) groups excluding carboxylic acids is 3. The van der Waals surface area contributed by atoms with Crippen LogP contribution < -0.4 is 11.0 Å². The number of fused-ring (bicyclic) bond motifs is 14. The number of hydroxylamine groups is 2. The van der Waals surface area contributed by atoms with Crippen molar-refractivity contribution in [2.45, 2.75) is 161 Å². The number of imide groups is 1. The standard InChI is InChI=1S/C72H97N11O18S4Si3/c1-6-7-40-82(42-19-23-48-102(87,88)89,43-20-24-49-103(90,91)92)46-27-52-106(2,3)100-108(101-107(4,5)53-28-47-83(44-21-25-50-104(93,94)95,45-22-26-51-105(96,97)98)41-18-8-9-37-64(86)99-79-62(84)38-39-63(79)85)80-69-58-33-14-15-34-59(58)71(80)77-67-56-31-12-13-32-57(56)68(74-67)78-72-61-36-17-16-35-60(61)70(81(72)108)76-66-55-30-11-10-29-54(55)65(73-66)75-69/h10-17,29-36H,6-9,18-28,37-53H2,1-5H3,(H2-2,87,88,89,90,91,92,93,94,95,96,97,98)/b75-65-,75-69?,76-66?,76-70-,77-67-,77-71?,78-68?,78-72-. The molecule has 2 amide bonds. The van der Waals surface area contributed by atoms with Gasteiger partial charge in [0.15, 0.2) is 40.0 Å². The molecule has 4 aromatic carbocycles. The van der Waals surface area contributed by atoms with Crippen molar-refractivity contribution in [1.29, 1.82) is 0 Å². The van der Waals surface area contributed by atoms with Gasteiger partial charge in [-0.2, -0.15) is 16.8 Å². The Labute approximate surface area is 634 Å². The second kappa shape index (κ2) is 33.9. The predicted molar refractivity (Wildman–Crippen MR) is 416 cm³/mol. The number of aromatic nitrogens is 2. The lowest BCUT2D eigenvalue weighted by Gasteiger charge is -2.44. The molecular weight excluding hydrogens is 1520 g/mol. The quantitative estimate of drug-likeness (QED) is 0.0118. The molecule has 11 rings (SSSR count). The fourth-order valence-electron chi connectivity index (χ4n) is 15.6. The average molecular weight is 1620 g/mol.